The third-order valence-corrected chi connectivity index (χ3v) is 3.73. The third kappa shape index (κ3) is 2.69. The van der Waals surface area contributed by atoms with Crippen molar-refractivity contribution in [1.82, 2.24) is 19.7 Å². The number of benzene rings is 1. The first-order chi connectivity index (χ1) is 10.6. The molecule has 0 aliphatic heterocycles. The molecular formula is C15H16ClN5O. The van der Waals surface area contributed by atoms with Gasteiger partial charge >= 0.3 is 0 Å². The highest BCUT2D eigenvalue weighted by molar-refractivity contribution is 6.31. The zero-order valence-corrected chi connectivity index (χ0v) is 13.1. The Labute approximate surface area is 132 Å². The van der Waals surface area contributed by atoms with Gasteiger partial charge in [-0.05, 0) is 25.5 Å². The predicted octanol–water partition coefficient (Wildman–Crippen LogP) is 2.97. The zero-order chi connectivity index (χ0) is 15.7. The summed E-state index contributed by atoms with van der Waals surface area (Å²) in [6, 6.07) is 7.66. The van der Waals surface area contributed by atoms with Gasteiger partial charge in [0.15, 0.2) is 5.65 Å². The third-order valence-electron chi connectivity index (χ3n) is 3.36. The molecule has 0 atom stereocenters. The van der Waals surface area contributed by atoms with Gasteiger partial charge in [-0.1, -0.05) is 29.8 Å². The van der Waals surface area contributed by atoms with Gasteiger partial charge < -0.3 is 5.32 Å². The lowest BCUT2D eigenvalue weighted by atomic mass is 10.2. The van der Waals surface area contributed by atoms with E-state index in [1.807, 2.05) is 38.1 Å². The Kier molecular flexibility index (Phi) is 3.85. The van der Waals surface area contributed by atoms with E-state index in [2.05, 4.69) is 20.4 Å². The molecule has 3 aromatic rings. The topological polar surface area (TPSA) is 75.6 Å². The van der Waals surface area contributed by atoms with Gasteiger partial charge in [-0.15, -0.1) is 0 Å². The van der Waals surface area contributed by atoms with Crippen molar-refractivity contribution in [2.45, 2.75) is 26.4 Å². The maximum Gasteiger partial charge on any atom is 0.263 e. The number of H-pyrrole nitrogens is 1. The van der Waals surface area contributed by atoms with E-state index in [-0.39, 0.29) is 11.6 Å². The zero-order valence-electron chi connectivity index (χ0n) is 12.3. The minimum absolute atomic E-state index is 0.128. The van der Waals surface area contributed by atoms with Gasteiger partial charge in [-0.3, -0.25) is 9.78 Å². The van der Waals surface area contributed by atoms with Crippen molar-refractivity contribution in [2.24, 2.45) is 0 Å². The van der Waals surface area contributed by atoms with Crippen molar-refractivity contribution in [3.63, 3.8) is 0 Å². The number of rotatable bonds is 4. The SMILES string of the molecule is CC(C)n1ncc2c(=O)[nH]c(NCc3ccccc3Cl)nc21. The molecular weight excluding hydrogens is 302 g/mol. The predicted molar refractivity (Wildman–Crippen MR) is 87.3 cm³/mol. The second kappa shape index (κ2) is 5.81. The molecule has 114 valence electrons. The van der Waals surface area contributed by atoms with Crippen LogP contribution in [0.25, 0.3) is 11.0 Å². The van der Waals surface area contributed by atoms with Crippen LogP contribution in [-0.2, 0) is 6.54 Å². The Hall–Kier alpha value is -2.34. The second-order valence-corrected chi connectivity index (χ2v) is 5.69. The number of fused-ring (bicyclic) bond motifs is 1. The van der Waals surface area contributed by atoms with Crippen LogP contribution in [-0.4, -0.2) is 19.7 Å². The van der Waals surface area contributed by atoms with Crippen LogP contribution in [0.15, 0.2) is 35.3 Å². The monoisotopic (exact) mass is 317 g/mol. The van der Waals surface area contributed by atoms with Gasteiger partial charge in [0, 0.05) is 17.6 Å². The summed E-state index contributed by atoms with van der Waals surface area (Å²) < 4.78 is 1.73. The van der Waals surface area contributed by atoms with E-state index in [1.165, 1.54) is 0 Å². The fourth-order valence-electron chi connectivity index (χ4n) is 2.22. The summed E-state index contributed by atoms with van der Waals surface area (Å²) in [6.07, 6.45) is 1.54. The Morgan fingerprint density at radius 1 is 1.36 bits per heavy atom. The number of anilines is 1. The minimum Gasteiger partial charge on any atom is -0.352 e. The molecule has 0 unspecified atom stereocenters. The van der Waals surface area contributed by atoms with Crippen molar-refractivity contribution >= 4 is 28.6 Å². The summed E-state index contributed by atoms with van der Waals surface area (Å²) in [7, 11) is 0. The fourth-order valence-corrected chi connectivity index (χ4v) is 2.42. The van der Waals surface area contributed by atoms with Gasteiger partial charge in [0.1, 0.15) is 5.39 Å². The largest absolute Gasteiger partial charge is 0.352 e. The van der Waals surface area contributed by atoms with Crippen LogP contribution in [0.4, 0.5) is 5.95 Å². The summed E-state index contributed by atoms with van der Waals surface area (Å²) in [5.74, 6) is 0.403. The van der Waals surface area contributed by atoms with Crippen LogP contribution in [0, 0.1) is 0 Å². The van der Waals surface area contributed by atoms with Gasteiger partial charge in [-0.25, -0.2) is 4.68 Å². The van der Waals surface area contributed by atoms with Crippen LogP contribution in [0.2, 0.25) is 5.02 Å². The molecule has 7 heteroatoms. The standard InChI is InChI=1S/C15H16ClN5O/c1-9(2)21-13-11(8-18-21)14(22)20-15(19-13)17-7-10-5-3-4-6-12(10)16/h3-6,8-9H,7H2,1-2H3,(H2,17,19,20,22). The van der Waals surface area contributed by atoms with Crippen molar-refractivity contribution in [3.8, 4) is 0 Å². The molecule has 1 aromatic carbocycles. The van der Waals surface area contributed by atoms with Gasteiger partial charge in [-0.2, -0.15) is 10.1 Å². The Morgan fingerprint density at radius 2 is 2.14 bits per heavy atom. The normalized spacial score (nSPS) is 11.3. The molecule has 0 fully saturated rings. The maximum atomic E-state index is 12.1. The number of nitrogens with zero attached hydrogens (tertiary/aromatic N) is 3. The summed E-state index contributed by atoms with van der Waals surface area (Å²) in [5.41, 5.74) is 1.29. The van der Waals surface area contributed by atoms with E-state index >= 15 is 0 Å². The first kappa shape index (κ1) is 14.6. The number of hydrogen-bond acceptors (Lipinski definition) is 4. The van der Waals surface area contributed by atoms with Gasteiger partial charge in [0.25, 0.3) is 5.56 Å². The molecule has 0 radical (unpaired) electrons. The second-order valence-electron chi connectivity index (χ2n) is 5.28. The highest BCUT2D eigenvalue weighted by Crippen LogP contribution is 2.17. The molecule has 2 N–H and O–H groups in total. The van der Waals surface area contributed by atoms with Crippen LogP contribution in [0.3, 0.4) is 0 Å². The number of nitrogens with one attached hydrogen (secondary N) is 2. The van der Waals surface area contributed by atoms with Crippen LogP contribution in [0.5, 0.6) is 0 Å². The molecule has 0 spiro atoms. The lowest BCUT2D eigenvalue weighted by Crippen LogP contribution is -2.14. The average Bonchev–Trinajstić information content (AvgIpc) is 2.91. The number of aromatic nitrogens is 4. The van der Waals surface area contributed by atoms with Crippen molar-refractivity contribution in [1.29, 1.82) is 0 Å². The van der Waals surface area contributed by atoms with Gasteiger partial charge in [0.2, 0.25) is 5.95 Å². The van der Waals surface area contributed by atoms with E-state index in [0.29, 0.717) is 28.5 Å². The van der Waals surface area contributed by atoms with E-state index in [0.717, 1.165) is 5.56 Å². The molecule has 0 aliphatic carbocycles. The molecule has 0 saturated heterocycles. The van der Waals surface area contributed by atoms with Crippen LogP contribution in [0.1, 0.15) is 25.5 Å². The van der Waals surface area contributed by atoms with Crippen LogP contribution >= 0.6 is 11.6 Å². The molecule has 0 bridgehead atoms. The highest BCUT2D eigenvalue weighted by atomic mass is 35.5. The lowest BCUT2D eigenvalue weighted by Gasteiger charge is -2.09. The summed E-state index contributed by atoms with van der Waals surface area (Å²) in [6.45, 7) is 4.46. The van der Waals surface area contributed by atoms with Gasteiger partial charge in [0.05, 0.1) is 6.20 Å². The number of halogens is 1. The minimum atomic E-state index is -0.210. The van der Waals surface area contributed by atoms with E-state index in [1.54, 1.807) is 10.9 Å². The van der Waals surface area contributed by atoms with E-state index in [4.69, 9.17) is 11.6 Å². The first-order valence-electron chi connectivity index (χ1n) is 7.01. The highest BCUT2D eigenvalue weighted by Gasteiger charge is 2.12. The van der Waals surface area contributed by atoms with Crippen LogP contribution < -0.4 is 10.9 Å². The molecule has 22 heavy (non-hydrogen) atoms. The van der Waals surface area contributed by atoms with Crippen molar-refractivity contribution in [2.75, 3.05) is 5.32 Å². The Morgan fingerprint density at radius 3 is 2.86 bits per heavy atom. The maximum absolute atomic E-state index is 12.1. The molecule has 2 heterocycles. The number of aromatic amines is 1. The Bertz CT molecular complexity index is 868. The molecule has 3 rings (SSSR count). The molecule has 0 amide bonds. The summed E-state index contributed by atoms with van der Waals surface area (Å²) in [5, 5.41) is 8.47. The van der Waals surface area contributed by atoms with Crippen molar-refractivity contribution in [3.05, 3.63) is 51.4 Å². The molecule has 2 aromatic heterocycles. The molecule has 0 saturated carbocycles. The molecule has 0 aliphatic rings. The molecule has 6 nitrogen and oxygen atoms in total. The van der Waals surface area contributed by atoms with E-state index < -0.39 is 0 Å². The number of hydrogen-bond donors (Lipinski definition) is 2. The summed E-state index contributed by atoms with van der Waals surface area (Å²) in [4.78, 5) is 19.3. The average molecular weight is 318 g/mol. The first-order valence-corrected chi connectivity index (χ1v) is 7.39. The van der Waals surface area contributed by atoms with E-state index in [9.17, 15) is 4.79 Å². The lowest BCUT2D eigenvalue weighted by molar-refractivity contribution is 0.546. The smallest absolute Gasteiger partial charge is 0.263 e. The fraction of sp³-hybridized carbons (Fsp3) is 0.267. The Balaban J connectivity index is 1.93. The van der Waals surface area contributed by atoms with Crippen molar-refractivity contribution < 1.29 is 0 Å². The quantitative estimate of drug-likeness (QED) is 0.775. The summed E-state index contributed by atoms with van der Waals surface area (Å²) >= 11 is 6.12.